The summed E-state index contributed by atoms with van der Waals surface area (Å²) in [6, 6.07) is 5.92. The van der Waals surface area contributed by atoms with E-state index in [1.54, 1.807) is 20.0 Å². The zero-order valence-corrected chi connectivity index (χ0v) is 12.3. The van der Waals surface area contributed by atoms with Gasteiger partial charge in [-0.2, -0.15) is 5.10 Å². The first kappa shape index (κ1) is 14.2. The van der Waals surface area contributed by atoms with Crippen molar-refractivity contribution in [1.29, 1.82) is 0 Å². The summed E-state index contributed by atoms with van der Waals surface area (Å²) in [5.74, 6) is 0.0988. The summed E-state index contributed by atoms with van der Waals surface area (Å²) in [5.41, 5.74) is 0.821. The van der Waals surface area contributed by atoms with Gasteiger partial charge in [-0.1, -0.05) is 0 Å². The number of benzene rings is 1. The zero-order valence-electron chi connectivity index (χ0n) is 10.8. The van der Waals surface area contributed by atoms with E-state index in [1.807, 2.05) is 0 Å². The Bertz CT molecular complexity index is 696. The van der Waals surface area contributed by atoms with E-state index < -0.39 is 10.8 Å². The maximum absolute atomic E-state index is 12.1. The largest absolute Gasteiger partial charge is 0.307 e. The summed E-state index contributed by atoms with van der Waals surface area (Å²) >= 11 is 3.07. The Labute approximate surface area is 122 Å². The molecule has 1 amide bonds. The van der Waals surface area contributed by atoms with Gasteiger partial charge < -0.3 is 5.32 Å². The summed E-state index contributed by atoms with van der Waals surface area (Å²) in [4.78, 5) is 22.4. The van der Waals surface area contributed by atoms with Gasteiger partial charge in [-0.3, -0.25) is 19.6 Å². The van der Waals surface area contributed by atoms with E-state index in [9.17, 15) is 14.9 Å². The van der Waals surface area contributed by atoms with Gasteiger partial charge in [-0.15, -0.1) is 0 Å². The van der Waals surface area contributed by atoms with Crippen molar-refractivity contribution in [1.82, 2.24) is 9.78 Å². The highest BCUT2D eigenvalue weighted by Crippen LogP contribution is 2.26. The minimum Gasteiger partial charge on any atom is -0.307 e. The number of nitrogens with one attached hydrogen (secondary N) is 1. The van der Waals surface area contributed by atoms with Gasteiger partial charge in [-0.05, 0) is 35.0 Å². The maximum atomic E-state index is 12.1. The molecule has 1 heterocycles. The summed E-state index contributed by atoms with van der Waals surface area (Å²) in [6.07, 6.45) is 0. The van der Waals surface area contributed by atoms with Crippen LogP contribution in [0, 0.1) is 17.0 Å². The van der Waals surface area contributed by atoms with Crippen LogP contribution >= 0.6 is 15.9 Å². The normalized spacial score (nSPS) is 10.3. The lowest BCUT2D eigenvalue weighted by atomic mass is 10.2. The van der Waals surface area contributed by atoms with Crippen LogP contribution in [0.25, 0.3) is 0 Å². The fourth-order valence-electron chi connectivity index (χ4n) is 1.71. The third-order valence-corrected chi connectivity index (χ3v) is 3.32. The fraction of sp³-hybridized carbons (Fsp3) is 0.167. The predicted molar refractivity (Wildman–Crippen MR) is 76.7 cm³/mol. The Morgan fingerprint density at radius 2 is 2.15 bits per heavy atom. The molecule has 0 radical (unpaired) electrons. The van der Waals surface area contributed by atoms with Crippen LogP contribution in [0.5, 0.6) is 0 Å². The Morgan fingerprint density at radius 3 is 2.70 bits per heavy atom. The molecule has 1 N–H and O–H groups in total. The third kappa shape index (κ3) is 2.85. The van der Waals surface area contributed by atoms with Crippen molar-refractivity contribution in [3.8, 4) is 0 Å². The molecular weight excluding hydrogens is 328 g/mol. The number of nitro benzene ring substituents is 1. The van der Waals surface area contributed by atoms with E-state index in [2.05, 4.69) is 26.3 Å². The fourth-order valence-corrected chi connectivity index (χ4v) is 2.10. The van der Waals surface area contributed by atoms with Crippen LogP contribution in [-0.2, 0) is 7.05 Å². The zero-order chi connectivity index (χ0) is 14.9. The molecule has 0 bridgehead atoms. The molecule has 20 heavy (non-hydrogen) atoms. The van der Waals surface area contributed by atoms with E-state index in [0.717, 1.165) is 5.69 Å². The molecule has 8 heteroatoms. The smallest absolute Gasteiger partial charge is 0.284 e. The lowest BCUT2D eigenvalue weighted by Gasteiger charge is -2.05. The van der Waals surface area contributed by atoms with Gasteiger partial charge >= 0.3 is 0 Å². The highest BCUT2D eigenvalue weighted by atomic mass is 79.9. The van der Waals surface area contributed by atoms with Gasteiger partial charge in [-0.25, -0.2) is 0 Å². The second kappa shape index (κ2) is 5.41. The second-order valence-electron chi connectivity index (χ2n) is 4.17. The summed E-state index contributed by atoms with van der Waals surface area (Å²) in [6.45, 7) is 1.81. The first-order chi connectivity index (χ1) is 9.38. The number of nitrogens with zero attached hydrogens (tertiary/aromatic N) is 3. The third-order valence-electron chi connectivity index (χ3n) is 2.65. The van der Waals surface area contributed by atoms with Gasteiger partial charge in [0.1, 0.15) is 5.82 Å². The van der Waals surface area contributed by atoms with Crippen LogP contribution in [-0.4, -0.2) is 20.6 Å². The first-order valence-electron chi connectivity index (χ1n) is 5.64. The number of rotatable bonds is 3. The molecule has 1 aromatic carbocycles. The number of halogens is 1. The highest BCUT2D eigenvalue weighted by molar-refractivity contribution is 9.10. The molecule has 0 fully saturated rings. The molecule has 0 unspecified atom stereocenters. The molecule has 0 saturated heterocycles. The quantitative estimate of drug-likeness (QED) is 0.688. The number of hydrogen-bond acceptors (Lipinski definition) is 4. The minimum absolute atomic E-state index is 0.154. The average molecular weight is 339 g/mol. The van der Waals surface area contributed by atoms with Crippen LogP contribution in [0.1, 0.15) is 16.1 Å². The molecule has 1 aromatic heterocycles. The van der Waals surface area contributed by atoms with Crippen molar-refractivity contribution in [2.75, 3.05) is 5.32 Å². The van der Waals surface area contributed by atoms with Gasteiger partial charge in [0, 0.05) is 24.7 Å². The lowest BCUT2D eigenvalue weighted by molar-refractivity contribution is -0.385. The van der Waals surface area contributed by atoms with Crippen molar-refractivity contribution >= 4 is 33.3 Å². The average Bonchev–Trinajstić information content (AvgIpc) is 2.67. The molecule has 0 aliphatic carbocycles. The van der Waals surface area contributed by atoms with Gasteiger partial charge in [0.15, 0.2) is 0 Å². The molecular formula is C12H11BrN4O3. The SMILES string of the molecule is Cc1cc(NC(=O)c2ccc(Br)c([N+](=O)[O-])c2)n(C)n1. The van der Waals surface area contributed by atoms with Crippen molar-refractivity contribution in [3.63, 3.8) is 0 Å². The van der Waals surface area contributed by atoms with Crippen molar-refractivity contribution in [3.05, 3.63) is 50.1 Å². The Morgan fingerprint density at radius 1 is 1.45 bits per heavy atom. The van der Waals surface area contributed by atoms with Crippen LogP contribution in [0.15, 0.2) is 28.7 Å². The number of aromatic nitrogens is 2. The van der Waals surface area contributed by atoms with E-state index in [1.165, 1.54) is 22.9 Å². The number of anilines is 1. The van der Waals surface area contributed by atoms with Gasteiger partial charge in [0.05, 0.1) is 15.1 Å². The number of hydrogen-bond donors (Lipinski definition) is 1. The van der Waals surface area contributed by atoms with Crippen molar-refractivity contribution in [2.24, 2.45) is 7.05 Å². The monoisotopic (exact) mass is 338 g/mol. The highest BCUT2D eigenvalue weighted by Gasteiger charge is 2.16. The lowest BCUT2D eigenvalue weighted by Crippen LogP contribution is -2.14. The second-order valence-corrected chi connectivity index (χ2v) is 5.03. The predicted octanol–water partition coefficient (Wildman–Crippen LogP) is 2.65. The van der Waals surface area contributed by atoms with Crippen LogP contribution in [0.3, 0.4) is 0 Å². The van der Waals surface area contributed by atoms with Gasteiger partial charge in [0.2, 0.25) is 0 Å². The van der Waals surface area contributed by atoms with Crippen molar-refractivity contribution in [2.45, 2.75) is 6.92 Å². The van der Waals surface area contributed by atoms with Crippen LogP contribution < -0.4 is 5.32 Å². The summed E-state index contributed by atoms with van der Waals surface area (Å²) in [7, 11) is 1.70. The molecule has 0 aliphatic rings. The minimum atomic E-state index is -0.547. The molecule has 0 spiro atoms. The topological polar surface area (TPSA) is 90.1 Å². The Kier molecular flexibility index (Phi) is 3.84. The number of carbonyl (C=O) groups excluding carboxylic acids is 1. The maximum Gasteiger partial charge on any atom is 0.284 e. The standard InChI is InChI=1S/C12H11BrN4O3/c1-7-5-11(16(2)15-7)14-12(18)8-3-4-9(13)10(6-8)17(19)20/h3-6H,1-2H3,(H,14,18). The molecule has 2 rings (SSSR count). The number of aryl methyl sites for hydroxylation is 2. The first-order valence-corrected chi connectivity index (χ1v) is 6.43. The van der Waals surface area contributed by atoms with Crippen LogP contribution in [0.4, 0.5) is 11.5 Å². The van der Waals surface area contributed by atoms with E-state index >= 15 is 0 Å². The summed E-state index contributed by atoms with van der Waals surface area (Å²) in [5, 5.41) is 17.6. The molecule has 104 valence electrons. The number of nitro groups is 1. The number of amides is 1. The molecule has 0 atom stereocenters. The van der Waals surface area contributed by atoms with E-state index in [-0.39, 0.29) is 11.3 Å². The molecule has 7 nitrogen and oxygen atoms in total. The van der Waals surface area contributed by atoms with Gasteiger partial charge in [0.25, 0.3) is 11.6 Å². The molecule has 0 saturated carbocycles. The Hall–Kier alpha value is -2.22. The van der Waals surface area contributed by atoms with Crippen molar-refractivity contribution < 1.29 is 9.72 Å². The van der Waals surface area contributed by atoms with Crippen LogP contribution in [0.2, 0.25) is 0 Å². The van der Waals surface area contributed by atoms with E-state index in [4.69, 9.17) is 0 Å². The summed E-state index contributed by atoms with van der Waals surface area (Å²) < 4.78 is 1.86. The number of carbonyl (C=O) groups is 1. The molecule has 0 aliphatic heterocycles. The molecule has 2 aromatic rings. The Balaban J connectivity index is 2.28. The van der Waals surface area contributed by atoms with E-state index in [0.29, 0.717) is 10.3 Å².